The van der Waals surface area contributed by atoms with E-state index in [-0.39, 0.29) is 0 Å². The first-order valence-corrected chi connectivity index (χ1v) is 7.08. The van der Waals surface area contributed by atoms with Crippen molar-refractivity contribution in [3.63, 3.8) is 0 Å². The van der Waals surface area contributed by atoms with Crippen molar-refractivity contribution >= 4 is 21.6 Å². The maximum absolute atomic E-state index is 4.46. The summed E-state index contributed by atoms with van der Waals surface area (Å²) in [5.41, 5.74) is 2.04. The molecular formula is C15H10N4S. The minimum Gasteiger partial charge on any atom is -0.289 e. The van der Waals surface area contributed by atoms with Gasteiger partial charge in [0.2, 0.25) is 0 Å². The van der Waals surface area contributed by atoms with Gasteiger partial charge in [0.15, 0.2) is 0 Å². The molecule has 4 rings (SSSR count). The van der Waals surface area contributed by atoms with Gasteiger partial charge in [0.05, 0.1) is 11.1 Å². The highest BCUT2D eigenvalue weighted by Crippen LogP contribution is 2.24. The van der Waals surface area contributed by atoms with Crippen molar-refractivity contribution in [1.82, 2.24) is 19.5 Å². The highest BCUT2D eigenvalue weighted by Gasteiger charge is 2.08. The molecule has 3 aromatic heterocycles. The molecule has 0 spiro atoms. The molecule has 1 aromatic carbocycles. The number of rotatable bonds is 2. The van der Waals surface area contributed by atoms with Gasteiger partial charge in [-0.3, -0.25) is 4.57 Å². The molecule has 20 heavy (non-hydrogen) atoms. The molecule has 0 bridgehead atoms. The second kappa shape index (κ2) is 4.54. The SMILES string of the molecule is c1ccc(-c2cn(-c3ncnc4sccc34)cn2)cc1. The zero-order chi connectivity index (χ0) is 13.4. The Kier molecular flexibility index (Phi) is 2.57. The smallest absolute Gasteiger partial charge is 0.150 e. The molecule has 0 amide bonds. The van der Waals surface area contributed by atoms with Crippen molar-refractivity contribution in [3.8, 4) is 17.1 Å². The highest BCUT2D eigenvalue weighted by molar-refractivity contribution is 7.16. The molecule has 4 aromatic rings. The van der Waals surface area contributed by atoms with Crippen LogP contribution in [0.3, 0.4) is 0 Å². The Hall–Kier alpha value is -2.53. The average molecular weight is 278 g/mol. The average Bonchev–Trinajstić information content (AvgIpc) is 3.17. The Morgan fingerprint density at radius 3 is 2.75 bits per heavy atom. The van der Waals surface area contributed by atoms with Crippen LogP contribution in [0.4, 0.5) is 0 Å². The van der Waals surface area contributed by atoms with Gasteiger partial charge in [-0.15, -0.1) is 11.3 Å². The third-order valence-electron chi connectivity index (χ3n) is 3.14. The first kappa shape index (κ1) is 11.3. The fourth-order valence-corrected chi connectivity index (χ4v) is 2.91. The van der Waals surface area contributed by atoms with E-state index in [1.54, 1.807) is 24.0 Å². The predicted octanol–water partition coefficient (Wildman–Crippen LogP) is 3.54. The van der Waals surface area contributed by atoms with Gasteiger partial charge in [0.25, 0.3) is 0 Å². The maximum Gasteiger partial charge on any atom is 0.150 e. The molecule has 0 saturated carbocycles. The first-order chi connectivity index (χ1) is 9.92. The molecule has 0 aliphatic carbocycles. The van der Waals surface area contributed by atoms with Crippen LogP contribution in [0.2, 0.25) is 0 Å². The molecule has 3 heterocycles. The molecule has 0 unspecified atom stereocenters. The van der Waals surface area contributed by atoms with E-state index in [0.29, 0.717) is 0 Å². The largest absolute Gasteiger partial charge is 0.289 e. The van der Waals surface area contributed by atoms with Gasteiger partial charge in [0, 0.05) is 11.8 Å². The molecule has 96 valence electrons. The normalized spacial score (nSPS) is 11.0. The van der Waals surface area contributed by atoms with Crippen LogP contribution in [0.25, 0.3) is 27.3 Å². The molecule has 0 aliphatic rings. The van der Waals surface area contributed by atoms with Crippen LogP contribution in [0.15, 0.2) is 60.6 Å². The number of imidazole rings is 1. The van der Waals surface area contributed by atoms with Gasteiger partial charge >= 0.3 is 0 Å². The number of benzene rings is 1. The monoisotopic (exact) mass is 278 g/mol. The Morgan fingerprint density at radius 1 is 0.950 bits per heavy atom. The van der Waals surface area contributed by atoms with Crippen LogP contribution in [0, 0.1) is 0 Å². The summed E-state index contributed by atoms with van der Waals surface area (Å²) in [4.78, 5) is 14.1. The van der Waals surface area contributed by atoms with Crippen molar-refractivity contribution in [2.45, 2.75) is 0 Å². The molecule has 0 aliphatic heterocycles. The molecule has 0 radical (unpaired) electrons. The van der Waals surface area contributed by atoms with E-state index in [1.807, 2.05) is 52.5 Å². The van der Waals surface area contributed by atoms with Crippen LogP contribution in [-0.2, 0) is 0 Å². The lowest BCUT2D eigenvalue weighted by Gasteiger charge is -2.01. The summed E-state index contributed by atoms with van der Waals surface area (Å²) in [6.45, 7) is 0. The lowest BCUT2D eigenvalue weighted by Crippen LogP contribution is -1.95. The zero-order valence-corrected chi connectivity index (χ0v) is 11.3. The zero-order valence-electron chi connectivity index (χ0n) is 10.5. The van der Waals surface area contributed by atoms with Crippen LogP contribution >= 0.6 is 11.3 Å². The summed E-state index contributed by atoms with van der Waals surface area (Å²) >= 11 is 1.61. The minimum atomic E-state index is 0.867. The van der Waals surface area contributed by atoms with E-state index in [2.05, 4.69) is 15.0 Å². The van der Waals surface area contributed by atoms with E-state index < -0.39 is 0 Å². The Labute approximate surface area is 119 Å². The number of fused-ring (bicyclic) bond motifs is 1. The fourth-order valence-electron chi connectivity index (χ4n) is 2.18. The van der Waals surface area contributed by atoms with Gasteiger partial charge in [-0.05, 0) is 11.4 Å². The van der Waals surface area contributed by atoms with Crippen LogP contribution in [-0.4, -0.2) is 19.5 Å². The number of hydrogen-bond acceptors (Lipinski definition) is 4. The molecular weight excluding hydrogens is 268 g/mol. The van der Waals surface area contributed by atoms with E-state index >= 15 is 0 Å². The van der Waals surface area contributed by atoms with E-state index in [1.165, 1.54) is 0 Å². The number of hydrogen-bond donors (Lipinski definition) is 0. The summed E-state index contributed by atoms with van der Waals surface area (Å²) in [6, 6.07) is 12.2. The lowest BCUT2D eigenvalue weighted by atomic mass is 10.2. The van der Waals surface area contributed by atoms with E-state index in [0.717, 1.165) is 27.3 Å². The summed E-state index contributed by atoms with van der Waals surface area (Å²) in [7, 11) is 0. The Morgan fingerprint density at radius 2 is 1.85 bits per heavy atom. The first-order valence-electron chi connectivity index (χ1n) is 6.20. The van der Waals surface area contributed by atoms with Gasteiger partial charge < -0.3 is 0 Å². The topological polar surface area (TPSA) is 43.6 Å². The Bertz CT molecular complexity index is 864. The van der Waals surface area contributed by atoms with Crippen LogP contribution in [0.5, 0.6) is 0 Å². The van der Waals surface area contributed by atoms with E-state index in [4.69, 9.17) is 0 Å². The lowest BCUT2D eigenvalue weighted by molar-refractivity contribution is 0.995. The van der Waals surface area contributed by atoms with Crippen LogP contribution < -0.4 is 0 Å². The standard InChI is InChI=1S/C15H10N4S/c1-2-4-11(5-3-1)13-8-19(10-18-13)14-12-6-7-20-15(12)17-9-16-14/h1-10H. The van der Waals surface area contributed by atoms with Gasteiger partial charge in [0.1, 0.15) is 23.3 Å². The predicted molar refractivity (Wildman–Crippen MR) is 80.0 cm³/mol. The second-order valence-corrected chi connectivity index (χ2v) is 5.26. The number of nitrogens with zero attached hydrogens (tertiary/aromatic N) is 4. The number of aromatic nitrogens is 4. The van der Waals surface area contributed by atoms with Crippen molar-refractivity contribution < 1.29 is 0 Å². The van der Waals surface area contributed by atoms with Crippen molar-refractivity contribution in [3.05, 3.63) is 60.6 Å². The molecule has 0 atom stereocenters. The molecule has 5 heteroatoms. The molecule has 0 N–H and O–H groups in total. The van der Waals surface area contributed by atoms with Crippen molar-refractivity contribution in [1.29, 1.82) is 0 Å². The summed E-state index contributed by atoms with van der Waals surface area (Å²) in [6.07, 6.45) is 5.38. The second-order valence-electron chi connectivity index (χ2n) is 4.37. The van der Waals surface area contributed by atoms with Crippen LogP contribution in [0.1, 0.15) is 0 Å². The van der Waals surface area contributed by atoms with Crippen molar-refractivity contribution in [2.75, 3.05) is 0 Å². The summed E-state index contributed by atoms with van der Waals surface area (Å²) in [5, 5.41) is 3.08. The third kappa shape index (κ3) is 1.80. The van der Waals surface area contributed by atoms with Gasteiger partial charge in [-0.2, -0.15) is 0 Å². The minimum absolute atomic E-state index is 0.867. The van der Waals surface area contributed by atoms with Crippen molar-refractivity contribution in [2.24, 2.45) is 0 Å². The maximum atomic E-state index is 4.46. The molecule has 0 saturated heterocycles. The third-order valence-corrected chi connectivity index (χ3v) is 3.96. The molecule has 0 fully saturated rings. The van der Waals surface area contributed by atoms with Gasteiger partial charge in [-0.1, -0.05) is 30.3 Å². The Balaban J connectivity index is 1.84. The quantitative estimate of drug-likeness (QED) is 0.563. The summed E-state index contributed by atoms with van der Waals surface area (Å²) in [5.74, 6) is 0.867. The fraction of sp³-hybridized carbons (Fsp3) is 0. The summed E-state index contributed by atoms with van der Waals surface area (Å²) < 4.78 is 1.94. The molecule has 4 nitrogen and oxygen atoms in total. The van der Waals surface area contributed by atoms with E-state index in [9.17, 15) is 0 Å². The highest BCUT2D eigenvalue weighted by atomic mass is 32.1. The van der Waals surface area contributed by atoms with Gasteiger partial charge in [-0.25, -0.2) is 15.0 Å². The number of thiophene rings is 1.